The Kier molecular flexibility index (Phi) is 5.43. The van der Waals surface area contributed by atoms with Crippen LogP contribution in [-0.2, 0) is 4.79 Å². The molecule has 0 radical (unpaired) electrons. The van der Waals surface area contributed by atoms with Gasteiger partial charge in [-0.25, -0.2) is 0 Å². The average Bonchev–Trinajstić information content (AvgIpc) is 3.26. The summed E-state index contributed by atoms with van der Waals surface area (Å²) in [5.41, 5.74) is 0.948. The quantitative estimate of drug-likeness (QED) is 0.816. The number of amides is 2. The van der Waals surface area contributed by atoms with Gasteiger partial charge in [0.05, 0.1) is 12.3 Å². The van der Waals surface area contributed by atoms with E-state index in [1.54, 1.807) is 12.1 Å². The molecule has 25 heavy (non-hydrogen) atoms. The average molecular weight is 361 g/mol. The van der Waals surface area contributed by atoms with Gasteiger partial charge in [0, 0.05) is 24.0 Å². The minimum Gasteiger partial charge on any atom is -0.459 e. The predicted molar refractivity (Wildman–Crippen MR) is 95.4 cm³/mol. The summed E-state index contributed by atoms with van der Waals surface area (Å²) >= 11 is 6.29. The van der Waals surface area contributed by atoms with Crippen LogP contribution in [0.25, 0.3) is 0 Å². The minimum atomic E-state index is -0.310. The van der Waals surface area contributed by atoms with Crippen molar-refractivity contribution >= 4 is 23.4 Å². The van der Waals surface area contributed by atoms with Crippen molar-refractivity contribution in [1.82, 2.24) is 10.2 Å². The Morgan fingerprint density at radius 3 is 2.68 bits per heavy atom. The lowest BCUT2D eigenvalue weighted by Gasteiger charge is -2.30. The standard InChI is InChI=1S/C19H21ClN2O3/c1-13(15-5-2-3-6-16(15)20)22(14-8-9-14)18(23)10-11-21-19(24)17-7-4-12-25-17/h2-7,12-14H,8-11H2,1H3,(H,21,24). The van der Waals surface area contributed by atoms with Crippen LogP contribution in [-0.4, -0.2) is 29.3 Å². The molecule has 1 aliphatic carbocycles. The second-order valence-corrected chi connectivity index (χ2v) is 6.62. The van der Waals surface area contributed by atoms with Crippen LogP contribution in [0.3, 0.4) is 0 Å². The maximum Gasteiger partial charge on any atom is 0.286 e. The number of benzene rings is 1. The van der Waals surface area contributed by atoms with Gasteiger partial charge in [0.15, 0.2) is 5.76 Å². The van der Waals surface area contributed by atoms with Crippen LogP contribution in [0.2, 0.25) is 5.02 Å². The molecule has 0 bridgehead atoms. The van der Waals surface area contributed by atoms with Crippen molar-refractivity contribution in [2.24, 2.45) is 0 Å². The molecule has 1 aromatic carbocycles. The zero-order chi connectivity index (χ0) is 17.8. The fraction of sp³-hybridized carbons (Fsp3) is 0.368. The van der Waals surface area contributed by atoms with E-state index in [1.807, 2.05) is 36.1 Å². The maximum atomic E-state index is 12.7. The number of nitrogens with one attached hydrogen (secondary N) is 1. The van der Waals surface area contributed by atoms with E-state index in [-0.39, 0.29) is 42.6 Å². The van der Waals surface area contributed by atoms with Gasteiger partial charge in [-0.05, 0) is 43.5 Å². The number of halogens is 1. The minimum absolute atomic E-state index is 0.0228. The zero-order valence-electron chi connectivity index (χ0n) is 14.1. The van der Waals surface area contributed by atoms with E-state index in [0.29, 0.717) is 5.02 Å². The molecule has 1 aromatic heterocycles. The van der Waals surface area contributed by atoms with E-state index in [0.717, 1.165) is 18.4 Å². The molecule has 0 saturated heterocycles. The SMILES string of the molecule is CC(c1ccccc1Cl)N(C(=O)CCNC(=O)c1ccco1)C1CC1. The highest BCUT2D eigenvalue weighted by Crippen LogP contribution is 2.36. The van der Waals surface area contributed by atoms with Gasteiger partial charge >= 0.3 is 0 Å². The Hall–Kier alpha value is -2.27. The van der Waals surface area contributed by atoms with E-state index in [1.165, 1.54) is 6.26 Å². The molecule has 0 aliphatic heterocycles. The molecule has 1 unspecified atom stereocenters. The Balaban J connectivity index is 1.60. The molecule has 1 saturated carbocycles. The molecular weight excluding hydrogens is 340 g/mol. The highest BCUT2D eigenvalue weighted by molar-refractivity contribution is 6.31. The van der Waals surface area contributed by atoms with E-state index in [2.05, 4.69) is 5.32 Å². The van der Waals surface area contributed by atoms with Gasteiger partial charge < -0.3 is 14.6 Å². The summed E-state index contributed by atoms with van der Waals surface area (Å²) in [6.45, 7) is 2.27. The summed E-state index contributed by atoms with van der Waals surface area (Å²) in [6, 6.07) is 11.0. The molecule has 5 nitrogen and oxygen atoms in total. The molecule has 0 spiro atoms. The fourth-order valence-electron chi connectivity index (χ4n) is 2.96. The Morgan fingerprint density at radius 1 is 1.28 bits per heavy atom. The van der Waals surface area contributed by atoms with Gasteiger partial charge in [0.2, 0.25) is 5.91 Å². The summed E-state index contributed by atoms with van der Waals surface area (Å²) in [4.78, 5) is 26.5. The van der Waals surface area contributed by atoms with E-state index < -0.39 is 0 Å². The second-order valence-electron chi connectivity index (χ2n) is 6.21. The molecule has 2 aromatic rings. The number of carbonyl (C=O) groups excluding carboxylic acids is 2. The molecule has 1 aliphatic rings. The predicted octanol–water partition coefficient (Wildman–Crippen LogP) is 3.81. The van der Waals surface area contributed by atoms with Gasteiger partial charge in [0.25, 0.3) is 5.91 Å². The largest absolute Gasteiger partial charge is 0.459 e. The summed E-state index contributed by atoms with van der Waals surface area (Å²) < 4.78 is 5.04. The van der Waals surface area contributed by atoms with Crippen LogP contribution in [0.5, 0.6) is 0 Å². The molecule has 1 N–H and O–H groups in total. The number of hydrogen-bond donors (Lipinski definition) is 1. The van der Waals surface area contributed by atoms with Crippen molar-refractivity contribution < 1.29 is 14.0 Å². The lowest BCUT2D eigenvalue weighted by molar-refractivity contribution is -0.133. The molecule has 2 amide bonds. The summed E-state index contributed by atoms with van der Waals surface area (Å²) in [5, 5.41) is 3.38. The number of furan rings is 1. The van der Waals surface area contributed by atoms with Crippen LogP contribution in [0, 0.1) is 0 Å². The lowest BCUT2D eigenvalue weighted by Crippen LogP contribution is -2.38. The molecule has 6 heteroatoms. The van der Waals surface area contributed by atoms with Crippen LogP contribution in [0.4, 0.5) is 0 Å². The maximum absolute atomic E-state index is 12.7. The molecule has 3 rings (SSSR count). The zero-order valence-corrected chi connectivity index (χ0v) is 14.8. The molecule has 132 valence electrons. The van der Waals surface area contributed by atoms with Crippen LogP contribution in [0.1, 0.15) is 48.3 Å². The van der Waals surface area contributed by atoms with Crippen molar-refractivity contribution in [2.45, 2.75) is 38.3 Å². The first-order valence-corrected chi connectivity index (χ1v) is 8.83. The van der Waals surface area contributed by atoms with Crippen molar-refractivity contribution in [3.8, 4) is 0 Å². The van der Waals surface area contributed by atoms with Gasteiger partial charge in [-0.3, -0.25) is 9.59 Å². The van der Waals surface area contributed by atoms with E-state index >= 15 is 0 Å². The molecule has 1 atom stereocenters. The van der Waals surface area contributed by atoms with Crippen molar-refractivity contribution in [3.05, 3.63) is 59.0 Å². The first-order valence-electron chi connectivity index (χ1n) is 8.45. The Labute approximate surface area is 151 Å². The Bertz CT molecular complexity index is 741. The third-order valence-electron chi connectivity index (χ3n) is 4.37. The highest BCUT2D eigenvalue weighted by Gasteiger charge is 2.36. The van der Waals surface area contributed by atoms with Gasteiger partial charge in [-0.15, -0.1) is 0 Å². The fourth-order valence-corrected chi connectivity index (χ4v) is 3.25. The second kappa shape index (κ2) is 7.74. The Morgan fingerprint density at radius 2 is 2.04 bits per heavy atom. The molecule has 1 fully saturated rings. The van der Waals surface area contributed by atoms with Crippen LogP contribution < -0.4 is 5.32 Å². The van der Waals surface area contributed by atoms with Crippen LogP contribution in [0.15, 0.2) is 47.1 Å². The summed E-state index contributed by atoms with van der Waals surface area (Å²) in [6.07, 6.45) is 3.72. The number of carbonyl (C=O) groups is 2. The van der Waals surface area contributed by atoms with Crippen molar-refractivity contribution in [3.63, 3.8) is 0 Å². The summed E-state index contributed by atoms with van der Waals surface area (Å²) in [7, 11) is 0. The smallest absolute Gasteiger partial charge is 0.286 e. The number of nitrogens with zero attached hydrogens (tertiary/aromatic N) is 1. The normalized spacial score (nSPS) is 14.8. The van der Waals surface area contributed by atoms with E-state index in [9.17, 15) is 9.59 Å². The molecular formula is C19H21ClN2O3. The summed E-state index contributed by atoms with van der Waals surface area (Å²) in [5.74, 6) is -0.0412. The first-order chi connectivity index (χ1) is 12.1. The third kappa shape index (κ3) is 4.23. The number of rotatable bonds is 7. The van der Waals surface area contributed by atoms with Gasteiger partial charge in [0.1, 0.15) is 0 Å². The van der Waals surface area contributed by atoms with Crippen molar-refractivity contribution in [1.29, 1.82) is 0 Å². The van der Waals surface area contributed by atoms with Crippen molar-refractivity contribution in [2.75, 3.05) is 6.54 Å². The highest BCUT2D eigenvalue weighted by atomic mass is 35.5. The van der Waals surface area contributed by atoms with E-state index in [4.69, 9.17) is 16.0 Å². The third-order valence-corrected chi connectivity index (χ3v) is 4.71. The number of hydrogen-bond acceptors (Lipinski definition) is 3. The topological polar surface area (TPSA) is 62.6 Å². The monoisotopic (exact) mass is 360 g/mol. The van der Waals surface area contributed by atoms with Gasteiger partial charge in [-0.1, -0.05) is 29.8 Å². The first kappa shape index (κ1) is 17.5. The molecule has 1 heterocycles. The van der Waals surface area contributed by atoms with Gasteiger partial charge in [-0.2, -0.15) is 0 Å². The lowest BCUT2D eigenvalue weighted by atomic mass is 10.1. The van der Waals surface area contributed by atoms with Crippen LogP contribution >= 0.6 is 11.6 Å².